The molecule has 138 valence electrons. The molecule has 7 heteroatoms. The van der Waals surface area contributed by atoms with Gasteiger partial charge in [-0.15, -0.1) is 0 Å². The minimum absolute atomic E-state index is 0.0159. The smallest absolute Gasteiger partial charge is 0.331 e. The number of hydrogen-bond acceptors (Lipinski definition) is 4. The van der Waals surface area contributed by atoms with Gasteiger partial charge in [0.05, 0.1) is 6.54 Å². The molecule has 2 atom stereocenters. The van der Waals surface area contributed by atoms with E-state index in [2.05, 4.69) is 5.32 Å². The van der Waals surface area contributed by atoms with E-state index >= 15 is 0 Å². The zero-order valence-corrected chi connectivity index (χ0v) is 15.1. The molecular weight excluding hydrogens is 332 g/mol. The van der Waals surface area contributed by atoms with Gasteiger partial charge in [-0.05, 0) is 19.4 Å². The molecule has 1 aliphatic rings. The van der Waals surface area contributed by atoms with Gasteiger partial charge in [-0.25, -0.2) is 4.79 Å². The Morgan fingerprint density at radius 3 is 2.62 bits per heavy atom. The first kappa shape index (κ1) is 18.1. The largest absolute Gasteiger partial charge is 0.336 e. The van der Waals surface area contributed by atoms with E-state index in [0.29, 0.717) is 19.6 Å². The van der Waals surface area contributed by atoms with Crippen molar-refractivity contribution in [2.45, 2.75) is 39.0 Å². The van der Waals surface area contributed by atoms with Crippen molar-refractivity contribution in [2.75, 3.05) is 13.1 Å². The number of carbonyl (C=O) groups excluding carboxylic acids is 1. The van der Waals surface area contributed by atoms with E-state index in [1.54, 1.807) is 4.90 Å². The molecule has 1 amide bonds. The van der Waals surface area contributed by atoms with Crippen LogP contribution in [0.1, 0.15) is 19.4 Å². The number of hydrogen-bond donors (Lipinski definition) is 1. The normalized spacial score (nSPS) is 20.2. The van der Waals surface area contributed by atoms with Crippen molar-refractivity contribution in [2.24, 2.45) is 0 Å². The van der Waals surface area contributed by atoms with Crippen molar-refractivity contribution in [3.8, 4) is 0 Å². The summed E-state index contributed by atoms with van der Waals surface area (Å²) in [6.45, 7) is 5.39. The van der Waals surface area contributed by atoms with E-state index in [1.165, 1.54) is 16.8 Å². The van der Waals surface area contributed by atoms with E-state index in [-0.39, 0.29) is 24.5 Å². The molecule has 0 spiro atoms. The SMILES string of the molecule is CC1NCCN(C(=O)Cn2c(=O)ccn(Cc3ccccc3)c2=O)C1C. The Kier molecular flexibility index (Phi) is 5.37. The molecule has 1 N–H and O–H groups in total. The number of nitrogens with one attached hydrogen (secondary N) is 1. The van der Waals surface area contributed by atoms with Gasteiger partial charge in [-0.3, -0.25) is 18.7 Å². The van der Waals surface area contributed by atoms with Crippen molar-refractivity contribution in [3.05, 3.63) is 69.0 Å². The molecule has 0 aliphatic carbocycles. The second-order valence-electron chi connectivity index (χ2n) is 6.71. The Morgan fingerprint density at radius 2 is 1.88 bits per heavy atom. The Morgan fingerprint density at radius 1 is 1.15 bits per heavy atom. The van der Waals surface area contributed by atoms with Crippen LogP contribution >= 0.6 is 0 Å². The molecule has 2 unspecified atom stereocenters. The fourth-order valence-corrected chi connectivity index (χ4v) is 3.24. The summed E-state index contributed by atoms with van der Waals surface area (Å²) >= 11 is 0. The van der Waals surface area contributed by atoms with E-state index < -0.39 is 11.2 Å². The van der Waals surface area contributed by atoms with Gasteiger partial charge in [0.2, 0.25) is 5.91 Å². The average molecular weight is 356 g/mol. The van der Waals surface area contributed by atoms with Gasteiger partial charge in [0.25, 0.3) is 5.56 Å². The predicted molar refractivity (Wildman–Crippen MR) is 99.1 cm³/mol. The molecule has 2 heterocycles. The van der Waals surface area contributed by atoms with Crippen LogP contribution in [0.3, 0.4) is 0 Å². The van der Waals surface area contributed by atoms with Crippen molar-refractivity contribution >= 4 is 5.91 Å². The number of amides is 1. The summed E-state index contributed by atoms with van der Waals surface area (Å²) in [5.41, 5.74) is 0.0321. The summed E-state index contributed by atoms with van der Waals surface area (Å²) in [6.07, 6.45) is 1.48. The highest BCUT2D eigenvalue weighted by molar-refractivity contribution is 5.76. The molecule has 1 aromatic carbocycles. The third kappa shape index (κ3) is 3.77. The van der Waals surface area contributed by atoms with Gasteiger partial charge in [0.1, 0.15) is 6.54 Å². The van der Waals surface area contributed by atoms with Crippen LogP contribution in [-0.4, -0.2) is 45.1 Å². The zero-order valence-electron chi connectivity index (χ0n) is 15.1. The Bertz CT molecular complexity index is 888. The average Bonchev–Trinajstić information content (AvgIpc) is 2.64. The highest BCUT2D eigenvalue weighted by atomic mass is 16.2. The first-order valence-electron chi connectivity index (χ1n) is 8.84. The minimum Gasteiger partial charge on any atom is -0.336 e. The molecule has 1 fully saturated rings. The predicted octanol–water partition coefficient (Wildman–Crippen LogP) is 0.267. The van der Waals surface area contributed by atoms with Gasteiger partial charge >= 0.3 is 5.69 Å². The molecule has 0 bridgehead atoms. The first-order valence-corrected chi connectivity index (χ1v) is 8.84. The lowest BCUT2D eigenvalue weighted by Gasteiger charge is -2.38. The summed E-state index contributed by atoms with van der Waals surface area (Å²) in [4.78, 5) is 39.3. The maximum Gasteiger partial charge on any atom is 0.331 e. The molecule has 0 saturated carbocycles. The third-order valence-electron chi connectivity index (χ3n) is 4.98. The summed E-state index contributed by atoms with van der Waals surface area (Å²) < 4.78 is 2.47. The molecule has 7 nitrogen and oxygen atoms in total. The second kappa shape index (κ2) is 7.70. The van der Waals surface area contributed by atoms with Crippen LogP contribution in [0.15, 0.2) is 52.2 Å². The van der Waals surface area contributed by atoms with Crippen LogP contribution in [0.2, 0.25) is 0 Å². The second-order valence-corrected chi connectivity index (χ2v) is 6.71. The Labute approximate surface area is 151 Å². The standard InChI is InChI=1S/C19H24N4O3/c1-14-15(2)22(11-9-20-14)18(25)13-23-17(24)8-10-21(19(23)26)12-16-6-4-3-5-7-16/h3-8,10,14-15,20H,9,11-13H2,1-2H3. The van der Waals surface area contributed by atoms with Crippen LogP contribution in [0.25, 0.3) is 0 Å². The molecule has 1 aromatic heterocycles. The fraction of sp³-hybridized carbons (Fsp3) is 0.421. The van der Waals surface area contributed by atoms with Gasteiger partial charge in [0, 0.05) is 37.4 Å². The number of aromatic nitrogens is 2. The zero-order chi connectivity index (χ0) is 18.7. The highest BCUT2D eigenvalue weighted by Gasteiger charge is 2.28. The monoisotopic (exact) mass is 356 g/mol. The maximum atomic E-state index is 12.7. The maximum absolute atomic E-state index is 12.7. The van der Waals surface area contributed by atoms with Crippen molar-refractivity contribution in [1.82, 2.24) is 19.4 Å². The van der Waals surface area contributed by atoms with Crippen LogP contribution in [0.4, 0.5) is 0 Å². The molecular formula is C19H24N4O3. The van der Waals surface area contributed by atoms with Gasteiger partial charge < -0.3 is 10.2 Å². The van der Waals surface area contributed by atoms with Crippen LogP contribution in [0, 0.1) is 0 Å². The summed E-state index contributed by atoms with van der Waals surface area (Å²) in [5.74, 6) is -0.206. The number of piperazine rings is 1. The number of nitrogens with zero attached hydrogens (tertiary/aromatic N) is 3. The van der Waals surface area contributed by atoms with E-state index in [1.807, 2.05) is 44.2 Å². The summed E-state index contributed by atoms with van der Waals surface area (Å²) in [7, 11) is 0. The van der Waals surface area contributed by atoms with Crippen LogP contribution in [0.5, 0.6) is 0 Å². The number of benzene rings is 1. The molecule has 3 rings (SSSR count). The minimum atomic E-state index is -0.467. The van der Waals surface area contributed by atoms with Gasteiger partial charge in [-0.1, -0.05) is 30.3 Å². The van der Waals surface area contributed by atoms with Crippen molar-refractivity contribution in [3.63, 3.8) is 0 Å². The van der Waals surface area contributed by atoms with E-state index in [9.17, 15) is 14.4 Å². The van der Waals surface area contributed by atoms with Crippen molar-refractivity contribution in [1.29, 1.82) is 0 Å². The lowest BCUT2D eigenvalue weighted by atomic mass is 10.1. The quantitative estimate of drug-likeness (QED) is 0.853. The topological polar surface area (TPSA) is 76.3 Å². The highest BCUT2D eigenvalue weighted by Crippen LogP contribution is 2.09. The van der Waals surface area contributed by atoms with E-state index in [4.69, 9.17) is 0 Å². The summed E-state index contributed by atoms with van der Waals surface area (Å²) in [5, 5.41) is 3.31. The molecule has 0 radical (unpaired) electrons. The Balaban J connectivity index is 1.83. The molecule has 1 saturated heterocycles. The van der Waals surface area contributed by atoms with Gasteiger partial charge in [0.15, 0.2) is 0 Å². The molecule has 2 aromatic rings. The lowest BCUT2D eigenvalue weighted by molar-refractivity contribution is -0.135. The summed E-state index contributed by atoms with van der Waals surface area (Å²) in [6, 6.07) is 11.0. The molecule has 1 aliphatic heterocycles. The van der Waals surface area contributed by atoms with Crippen LogP contribution in [-0.2, 0) is 17.9 Å². The van der Waals surface area contributed by atoms with E-state index in [0.717, 1.165) is 10.1 Å². The molecule has 26 heavy (non-hydrogen) atoms. The lowest BCUT2D eigenvalue weighted by Crippen LogP contribution is -2.58. The number of carbonyl (C=O) groups is 1. The number of rotatable bonds is 4. The fourth-order valence-electron chi connectivity index (χ4n) is 3.24. The third-order valence-corrected chi connectivity index (χ3v) is 4.98. The Hall–Kier alpha value is -2.67. The van der Waals surface area contributed by atoms with Gasteiger partial charge in [-0.2, -0.15) is 0 Å². The van der Waals surface area contributed by atoms with Crippen molar-refractivity contribution < 1.29 is 4.79 Å². The first-order chi connectivity index (χ1) is 12.5. The van der Waals surface area contributed by atoms with Crippen LogP contribution < -0.4 is 16.6 Å².